The second-order valence-corrected chi connectivity index (χ2v) is 4.04. The summed E-state index contributed by atoms with van der Waals surface area (Å²) in [5.74, 6) is 0.674. The summed E-state index contributed by atoms with van der Waals surface area (Å²) < 4.78 is 18.4. The van der Waals surface area contributed by atoms with Gasteiger partial charge in [0.25, 0.3) is 0 Å². The molecule has 0 unspecified atom stereocenters. The molecule has 102 valence electrons. The molecule has 0 aromatic heterocycles. The molecule has 2 nitrogen and oxygen atoms in total. The molecular weight excluding hydrogens is 309 g/mol. The summed E-state index contributed by atoms with van der Waals surface area (Å²) in [5.41, 5.74) is 1.83. The zero-order chi connectivity index (χ0) is 12.8. The molecule has 2 aromatic carbocycles. The first-order valence-corrected chi connectivity index (χ1v) is 5.86. The molecule has 1 N–H and O–H groups in total. The highest BCUT2D eigenvalue weighted by atomic mass is 79.9. The highest BCUT2D eigenvalue weighted by Gasteiger charge is 2.00. The summed E-state index contributed by atoms with van der Waals surface area (Å²) in [6.45, 7) is 1.23. The number of benzene rings is 2. The molecule has 2 rings (SSSR count). The summed E-state index contributed by atoms with van der Waals surface area (Å²) in [4.78, 5) is 0. The predicted octanol–water partition coefficient (Wildman–Crippen LogP) is 3.70. The summed E-state index contributed by atoms with van der Waals surface area (Å²) in [5, 5.41) is 3.22. The SMILES string of the molecule is Br.COc1ccc(CNCc2ccccc2F)cc1. The molecule has 0 aliphatic heterocycles. The minimum atomic E-state index is -0.167. The van der Waals surface area contributed by atoms with Crippen molar-refractivity contribution >= 4 is 17.0 Å². The van der Waals surface area contributed by atoms with Crippen LogP contribution in [0.1, 0.15) is 11.1 Å². The van der Waals surface area contributed by atoms with E-state index in [1.807, 2.05) is 30.3 Å². The number of hydrogen-bond acceptors (Lipinski definition) is 2. The van der Waals surface area contributed by atoms with Crippen LogP contribution in [0.4, 0.5) is 4.39 Å². The Balaban J connectivity index is 0.00000180. The minimum Gasteiger partial charge on any atom is -0.497 e. The number of nitrogens with one attached hydrogen (secondary N) is 1. The molecule has 0 bridgehead atoms. The van der Waals surface area contributed by atoms with Crippen LogP contribution in [-0.2, 0) is 13.1 Å². The molecule has 0 heterocycles. The van der Waals surface area contributed by atoms with E-state index in [4.69, 9.17) is 4.74 Å². The van der Waals surface area contributed by atoms with Crippen molar-refractivity contribution in [3.8, 4) is 5.75 Å². The van der Waals surface area contributed by atoms with Gasteiger partial charge in [-0.3, -0.25) is 0 Å². The molecule has 2 aromatic rings. The Bertz CT molecular complexity index is 502. The van der Waals surface area contributed by atoms with Crippen molar-refractivity contribution in [3.05, 3.63) is 65.5 Å². The van der Waals surface area contributed by atoms with E-state index in [9.17, 15) is 4.39 Å². The van der Waals surface area contributed by atoms with Crippen LogP contribution in [0.15, 0.2) is 48.5 Å². The van der Waals surface area contributed by atoms with Crippen LogP contribution in [-0.4, -0.2) is 7.11 Å². The molecule has 0 radical (unpaired) electrons. The van der Waals surface area contributed by atoms with E-state index in [2.05, 4.69) is 5.32 Å². The molecule has 0 saturated carbocycles. The van der Waals surface area contributed by atoms with Crippen LogP contribution < -0.4 is 10.1 Å². The van der Waals surface area contributed by atoms with Gasteiger partial charge in [-0.15, -0.1) is 17.0 Å². The fraction of sp³-hybridized carbons (Fsp3) is 0.200. The Labute approximate surface area is 123 Å². The monoisotopic (exact) mass is 325 g/mol. The van der Waals surface area contributed by atoms with E-state index in [-0.39, 0.29) is 22.8 Å². The first-order valence-electron chi connectivity index (χ1n) is 5.86. The van der Waals surface area contributed by atoms with Crippen LogP contribution in [0.5, 0.6) is 5.75 Å². The average Bonchev–Trinajstić information content (AvgIpc) is 2.42. The topological polar surface area (TPSA) is 21.3 Å². The lowest BCUT2D eigenvalue weighted by Crippen LogP contribution is -2.13. The Morgan fingerprint density at radius 2 is 1.68 bits per heavy atom. The quantitative estimate of drug-likeness (QED) is 0.905. The minimum absolute atomic E-state index is 0. The van der Waals surface area contributed by atoms with Crippen LogP contribution in [0.3, 0.4) is 0 Å². The number of hydrogen-bond donors (Lipinski definition) is 1. The van der Waals surface area contributed by atoms with Gasteiger partial charge in [-0.05, 0) is 23.8 Å². The molecule has 0 aliphatic rings. The van der Waals surface area contributed by atoms with Gasteiger partial charge in [0.05, 0.1) is 7.11 Å². The molecule has 0 saturated heterocycles. The van der Waals surface area contributed by atoms with Crippen molar-refractivity contribution in [2.45, 2.75) is 13.1 Å². The average molecular weight is 326 g/mol. The lowest BCUT2D eigenvalue weighted by atomic mass is 10.2. The van der Waals surface area contributed by atoms with E-state index in [0.29, 0.717) is 18.7 Å². The Morgan fingerprint density at radius 1 is 1.00 bits per heavy atom. The van der Waals surface area contributed by atoms with Crippen LogP contribution >= 0.6 is 17.0 Å². The number of rotatable bonds is 5. The summed E-state index contributed by atoms with van der Waals surface area (Å²) >= 11 is 0. The normalized spacial score (nSPS) is 9.79. The fourth-order valence-corrected chi connectivity index (χ4v) is 1.73. The van der Waals surface area contributed by atoms with Gasteiger partial charge in [-0.1, -0.05) is 30.3 Å². The second-order valence-electron chi connectivity index (χ2n) is 4.04. The summed E-state index contributed by atoms with van der Waals surface area (Å²) in [7, 11) is 1.64. The number of methoxy groups -OCH3 is 1. The summed E-state index contributed by atoms with van der Waals surface area (Å²) in [6, 6.07) is 14.6. The highest BCUT2D eigenvalue weighted by molar-refractivity contribution is 8.93. The maximum absolute atomic E-state index is 13.4. The maximum Gasteiger partial charge on any atom is 0.127 e. The zero-order valence-electron chi connectivity index (χ0n) is 10.7. The van der Waals surface area contributed by atoms with Crippen LogP contribution in [0, 0.1) is 5.82 Å². The first-order chi connectivity index (χ1) is 8.79. The van der Waals surface area contributed by atoms with Crippen molar-refractivity contribution in [3.63, 3.8) is 0 Å². The van der Waals surface area contributed by atoms with Gasteiger partial charge in [0, 0.05) is 18.7 Å². The molecule has 0 atom stereocenters. The van der Waals surface area contributed by atoms with Crippen molar-refractivity contribution in [1.82, 2.24) is 5.32 Å². The Morgan fingerprint density at radius 3 is 2.32 bits per heavy atom. The van der Waals surface area contributed by atoms with Gasteiger partial charge in [0.15, 0.2) is 0 Å². The Kier molecular flexibility index (Phi) is 6.53. The zero-order valence-corrected chi connectivity index (χ0v) is 12.4. The fourth-order valence-electron chi connectivity index (χ4n) is 1.73. The standard InChI is InChI=1S/C15H16FNO.BrH/c1-18-14-8-6-12(7-9-14)10-17-11-13-4-2-3-5-15(13)16;/h2-9,17H,10-11H2,1H3;1H. The molecule has 4 heteroatoms. The predicted molar refractivity (Wildman–Crippen MR) is 80.3 cm³/mol. The molecular formula is C15H17BrFNO. The van der Waals surface area contributed by atoms with Gasteiger partial charge in [0.1, 0.15) is 11.6 Å². The first kappa shape index (κ1) is 15.7. The molecule has 19 heavy (non-hydrogen) atoms. The summed E-state index contributed by atoms with van der Waals surface area (Å²) in [6.07, 6.45) is 0. The van der Waals surface area contributed by atoms with E-state index >= 15 is 0 Å². The maximum atomic E-state index is 13.4. The third-order valence-electron chi connectivity index (χ3n) is 2.76. The van der Waals surface area contributed by atoms with Gasteiger partial charge in [-0.2, -0.15) is 0 Å². The second kappa shape index (κ2) is 7.92. The Hall–Kier alpha value is -1.39. The van der Waals surface area contributed by atoms with E-state index in [0.717, 1.165) is 11.3 Å². The van der Waals surface area contributed by atoms with Crippen molar-refractivity contribution in [2.24, 2.45) is 0 Å². The molecule has 0 amide bonds. The highest BCUT2D eigenvalue weighted by Crippen LogP contribution is 2.11. The van der Waals surface area contributed by atoms with Crippen LogP contribution in [0.2, 0.25) is 0 Å². The van der Waals surface area contributed by atoms with E-state index in [1.54, 1.807) is 19.2 Å². The van der Waals surface area contributed by atoms with Gasteiger partial charge < -0.3 is 10.1 Å². The smallest absolute Gasteiger partial charge is 0.127 e. The third-order valence-corrected chi connectivity index (χ3v) is 2.76. The van der Waals surface area contributed by atoms with Crippen molar-refractivity contribution in [1.29, 1.82) is 0 Å². The van der Waals surface area contributed by atoms with Gasteiger partial charge in [-0.25, -0.2) is 4.39 Å². The number of ether oxygens (including phenoxy) is 1. The van der Waals surface area contributed by atoms with Gasteiger partial charge >= 0.3 is 0 Å². The molecule has 0 fully saturated rings. The largest absolute Gasteiger partial charge is 0.497 e. The lowest BCUT2D eigenvalue weighted by molar-refractivity contribution is 0.414. The van der Waals surface area contributed by atoms with Gasteiger partial charge in [0.2, 0.25) is 0 Å². The van der Waals surface area contributed by atoms with Crippen molar-refractivity contribution in [2.75, 3.05) is 7.11 Å². The third kappa shape index (κ3) is 4.65. The number of halogens is 2. The molecule has 0 aliphatic carbocycles. The molecule has 0 spiro atoms. The van der Waals surface area contributed by atoms with Crippen LogP contribution in [0.25, 0.3) is 0 Å². The van der Waals surface area contributed by atoms with E-state index < -0.39 is 0 Å². The van der Waals surface area contributed by atoms with E-state index in [1.165, 1.54) is 6.07 Å². The lowest BCUT2D eigenvalue weighted by Gasteiger charge is -2.07. The van der Waals surface area contributed by atoms with Crippen molar-refractivity contribution < 1.29 is 9.13 Å².